The van der Waals surface area contributed by atoms with Crippen molar-refractivity contribution in [3.63, 3.8) is 0 Å². The lowest BCUT2D eigenvalue weighted by Crippen LogP contribution is -2.10. The van der Waals surface area contributed by atoms with Crippen LogP contribution in [0.4, 0.5) is 9.52 Å². The number of carbonyl (C=O) groups is 1. The summed E-state index contributed by atoms with van der Waals surface area (Å²) in [7, 11) is 3.15. The fourth-order valence-corrected chi connectivity index (χ4v) is 3.60. The van der Waals surface area contributed by atoms with Crippen molar-refractivity contribution in [2.45, 2.75) is 0 Å². The van der Waals surface area contributed by atoms with Crippen LogP contribution >= 0.6 is 11.3 Å². The summed E-state index contributed by atoms with van der Waals surface area (Å²) in [5, 5.41) is 4.90. The number of amides is 1. The molecular weight excluding hydrogens is 407 g/mol. The molecule has 0 radical (unpaired) electrons. The van der Waals surface area contributed by atoms with E-state index in [1.54, 1.807) is 56.0 Å². The van der Waals surface area contributed by atoms with Crippen LogP contribution < -0.4 is 14.8 Å². The third-order valence-corrected chi connectivity index (χ3v) is 5.13. The van der Waals surface area contributed by atoms with Crippen molar-refractivity contribution in [2.75, 3.05) is 19.5 Å². The maximum absolute atomic E-state index is 13.9. The van der Waals surface area contributed by atoms with Crippen LogP contribution in [0.3, 0.4) is 0 Å². The van der Waals surface area contributed by atoms with Gasteiger partial charge in [-0.05, 0) is 42.5 Å². The van der Waals surface area contributed by atoms with Crippen LogP contribution in [0.5, 0.6) is 11.5 Å². The highest BCUT2D eigenvalue weighted by molar-refractivity contribution is 7.14. The molecule has 152 valence electrons. The van der Waals surface area contributed by atoms with E-state index in [-0.39, 0.29) is 11.5 Å². The summed E-state index contributed by atoms with van der Waals surface area (Å²) < 4.78 is 30.1. The summed E-state index contributed by atoms with van der Waals surface area (Å²) in [6.07, 6.45) is 0. The summed E-state index contributed by atoms with van der Waals surface area (Å²) in [5.41, 5.74) is 1.67. The Kier molecular flexibility index (Phi) is 5.49. The van der Waals surface area contributed by atoms with Crippen molar-refractivity contribution in [1.82, 2.24) is 4.98 Å². The van der Waals surface area contributed by atoms with E-state index >= 15 is 0 Å². The SMILES string of the molecule is COc1ccc(OC)c(-c2csc(NC(=O)c3ccc(-c4ccccc4F)o3)n2)c1. The van der Waals surface area contributed by atoms with E-state index in [1.165, 1.54) is 23.5 Å². The average Bonchev–Trinajstić information content (AvgIpc) is 3.43. The monoisotopic (exact) mass is 424 g/mol. The lowest BCUT2D eigenvalue weighted by Gasteiger charge is -2.08. The Morgan fingerprint density at radius 3 is 2.67 bits per heavy atom. The quantitative estimate of drug-likeness (QED) is 0.444. The van der Waals surface area contributed by atoms with Gasteiger partial charge in [0.15, 0.2) is 10.9 Å². The number of rotatable bonds is 6. The van der Waals surface area contributed by atoms with Crippen LogP contribution in [-0.2, 0) is 0 Å². The van der Waals surface area contributed by atoms with Crippen LogP contribution in [0.2, 0.25) is 0 Å². The summed E-state index contributed by atoms with van der Waals surface area (Å²) >= 11 is 1.26. The van der Waals surface area contributed by atoms with E-state index in [9.17, 15) is 9.18 Å². The van der Waals surface area contributed by atoms with E-state index in [1.807, 2.05) is 6.07 Å². The second-order valence-corrected chi connectivity index (χ2v) is 7.06. The highest BCUT2D eigenvalue weighted by Gasteiger charge is 2.17. The molecule has 4 aromatic rings. The zero-order chi connectivity index (χ0) is 21.1. The van der Waals surface area contributed by atoms with Gasteiger partial charge < -0.3 is 13.9 Å². The molecule has 0 aliphatic carbocycles. The number of thiazole rings is 1. The fourth-order valence-electron chi connectivity index (χ4n) is 2.89. The largest absolute Gasteiger partial charge is 0.497 e. The van der Waals surface area contributed by atoms with Crippen molar-refractivity contribution in [1.29, 1.82) is 0 Å². The Balaban J connectivity index is 1.54. The van der Waals surface area contributed by atoms with Crippen LogP contribution in [0.25, 0.3) is 22.6 Å². The average molecular weight is 424 g/mol. The van der Waals surface area contributed by atoms with Crippen molar-refractivity contribution in [3.8, 4) is 34.1 Å². The molecule has 1 N–H and O–H groups in total. The molecule has 8 heteroatoms. The molecule has 2 heterocycles. The Morgan fingerprint density at radius 2 is 1.90 bits per heavy atom. The molecule has 30 heavy (non-hydrogen) atoms. The van der Waals surface area contributed by atoms with E-state index in [0.29, 0.717) is 27.9 Å². The number of halogens is 1. The number of furan rings is 1. The molecule has 4 rings (SSSR count). The van der Waals surface area contributed by atoms with Gasteiger partial charge in [-0.2, -0.15) is 0 Å². The number of aromatic nitrogens is 1. The summed E-state index contributed by atoms with van der Waals surface area (Å²) in [6.45, 7) is 0. The molecule has 0 spiro atoms. The topological polar surface area (TPSA) is 73.6 Å². The molecule has 0 aliphatic rings. The van der Waals surface area contributed by atoms with Gasteiger partial charge in [0, 0.05) is 10.9 Å². The van der Waals surface area contributed by atoms with Gasteiger partial charge in [-0.3, -0.25) is 10.1 Å². The van der Waals surface area contributed by atoms with Gasteiger partial charge in [-0.15, -0.1) is 11.3 Å². The van der Waals surface area contributed by atoms with Crippen molar-refractivity contribution >= 4 is 22.4 Å². The first-order chi connectivity index (χ1) is 14.6. The number of anilines is 1. The highest BCUT2D eigenvalue weighted by atomic mass is 32.1. The third kappa shape index (κ3) is 3.90. The summed E-state index contributed by atoms with van der Waals surface area (Å²) in [5.74, 6) is 0.745. The molecule has 6 nitrogen and oxygen atoms in total. The standard InChI is InChI=1S/C22H17FN2O4S/c1-27-13-7-8-18(28-2)15(11-13)17-12-30-22(24-17)25-21(26)20-10-9-19(29-20)14-5-3-4-6-16(14)23/h3-12H,1-2H3,(H,24,25,26). The van der Waals surface area contributed by atoms with Gasteiger partial charge in [-0.1, -0.05) is 12.1 Å². The number of carbonyl (C=O) groups excluding carboxylic acids is 1. The maximum atomic E-state index is 13.9. The lowest BCUT2D eigenvalue weighted by atomic mass is 10.1. The summed E-state index contributed by atoms with van der Waals surface area (Å²) in [6, 6.07) is 14.7. The third-order valence-electron chi connectivity index (χ3n) is 4.38. The fraction of sp³-hybridized carbons (Fsp3) is 0.0909. The zero-order valence-corrected chi connectivity index (χ0v) is 17.0. The van der Waals surface area contributed by atoms with E-state index in [0.717, 1.165) is 5.56 Å². The molecule has 0 fully saturated rings. The van der Waals surface area contributed by atoms with Crippen molar-refractivity contribution in [3.05, 3.63) is 71.6 Å². The molecule has 2 aromatic heterocycles. The normalized spacial score (nSPS) is 10.6. The van der Waals surface area contributed by atoms with Gasteiger partial charge in [0.1, 0.15) is 23.1 Å². The molecule has 0 bridgehead atoms. The number of benzene rings is 2. The lowest BCUT2D eigenvalue weighted by molar-refractivity contribution is 0.0997. The number of methoxy groups -OCH3 is 2. The molecule has 1 amide bonds. The Labute approximate surface area is 175 Å². The van der Waals surface area contributed by atoms with E-state index in [2.05, 4.69) is 10.3 Å². The van der Waals surface area contributed by atoms with Crippen molar-refractivity contribution in [2.24, 2.45) is 0 Å². The molecule has 0 unspecified atom stereocenters. The number of hydrogen-bond donors (Lipinski definition) is 1. The molecule has 2 aromatic carbocycles. The van der Waals surface area contributed by atoms with Crippen molar-refractivity contribution < 1.29 is 23.1 Å². The number of ether oxygens (including phenoxy) is 2. The van der Waals surface area contributed by atoms with Crippen LogP contribution in [0.15, 0.2) is 64.4 Å². The van der Waals surface area contributed by atoms with E-state index < -0.39 is 11.7 Å². The smallest absolute Gasteiger partial charge is 0.293 e. The molecular formula is C22H17FN2O4S. The Morgan fingerprint density at radius 1 is 1.07 bits per heavy atom. The number of hydrogen-bond acceptors (Lipinski definition) is 6. The van der Waals surface area contributed by atoms with Gasteiger partial charge in [0.25, 0.3) is 5.91 Å². The minimum absolute atomic E-state index is 0.0592. The Bertz CT molecular complexity index is 1200. The minimum Gasteiger partial charge on any atom is -0.497 e. The predicted molar refractivity (Wildman–Crippen MR) is 113 cm³/mol. The van der Waals surface area contributed by atoms with Gasteiger partial charge in [0.2, 0.25) is 0 Å². The van der Waals surface area contributed by atoms with Crippen LogP contribution in [-0.4, -0.2) is 25.1 Å². The minimum atomic E-state index is -0.476. The molecule has 0 aliphatic heterocycles. The second-order valence-electron chi connectivity index (χ2n) is 6.20. The van der Waals surface area contributed by atoms with Gasteiger partial charge >= 0.3 is 0 Å². The van der Waals surface area contributed by atoms with Gasteiger partial charge in [-0.25, -0.2) is 9.37 Å². The molecule has 0 atom stereocenters. The first-order valence-electron chi connectivity index (χ1n) is 8.93. The second kappa shape index (κ2) is 8.38. The number of nitrogens with one attached hydrogen (secondary N) is 1. The van der Waals surface area contributed by atoms with Gasteiger partial charge in [0.05, 0.1) is 25.5 Å². The first-order valence-corrected chi connectivity index (χ1v) is 9.81. The van der Waals surface area contributed by atoms with E-state index in [4.69, 9.17) is 13.9 Å². The summed E-state index contributed by atoms with van der Waals surface area (Å²) in [4.78, 5) is 17.0. The number of nitrogens with zero attached hydrogens (tertiary/aromatic N) is 1. The van der Waals surface area contributed by atoms with Crippen LogP contribution in [0.1, 0.15) is 10.6 Å². The Hall–Kier alpha value is -3.65. The highest BCUT2D eigenvalue weighted by Crippen LogP contribution is 2.35. The maximum Gasteiger partial charge on any atom is 0.293 e. The predicted octanol–water partition coefficient (Wildman–Crippen LogP) is 5.48. The zero-order valence-electron chi connectivity index (χ0n) is 16.1. The molecule has 0 saturated heterocycles. The molecule has 0 saturated carbocycles. The first kappa shape index (κ1) is 19.7. The van der Waals surface area contributed by atoms with Crippen LogP contribution in [0, 0.1) is 5.82 Å².